The average molecular weight is 379 g/mol. The van der Waals surface area contributed by atoms with Crippen molar-refractivity contribution in [3.63, 3.8) is 0 Å². The van der Waals surface area contributed by atoms with Crippen molar-refractivity contribution >= 4 is 40.9 Å². The van der Waals surface area contributed by atoms with Gasteiger partial charge in [-0.3, -0.25) is 9.59 Å². The first-order chi connectivity index (χ1) is 11.9. The van der Waals surface area contributed by atoms with E-state index in [1.165, 1.54) is 17.8 Å². The van der Waals surface area contributed by atoms with Crippen LogP contribution in [0.5, 0.6) is 0 Å². The second-order valence-corrected chi connectivity index (χ2v) is 7.48. The molecule has 25 heavy (non-hydrogen) atoms. The first kappa shape index (κ1) is 17.8. The molecule has 0 saturated carbocycles. The van der Waals surface area contributed by atoms with Gasteiger partial charge in [0.15, 0.2) is 0 Å². The fourth-order valence-corrected chi connectivity index (χ4v) is 3.71. The summed E-state index contributed by atoms with van der Waals surface area (Å²) in [6, 6.07) is 10.1. The Balaban J connectivity index is 1.58. The summed E-state index contributed by atoms with van der Waals surface area (Å²) < 4.78 is 13.5. The van der Waals surface area contributed by atoms with Gasteiger partial charge in [-0.05, 0) is 42.3 Å². The Hall–Kier alpha value is -2.05. The highest BCUT2D eigenvalue weighted by molar-refractivity contribution is 8.01. The third-order valence-electron chi connectivity index (χ3n) is 3.86. The van der Waals surface area contributed by atoms with Crippen molar-refractivity contribution in [3.05, 3.63) is 58.4 Å². The molecule has 1 heterocycles. The number of rotatable bonds is 4. The maximum absolute atomic E-state index is 13.5. The zero-order valence-corrected chi connectivity index (χ0v) is 15.0. The number of amides is 2. The van der Waals surface area contributed by atoms with E-state index in [1.54, 1.807) is 31.2 Å². The van der Waals surface area contributed by atoms with E-state index in [2.05, 4.69) is 10.6 Å². The Morgan fingerprint density at radius 2 is 2.12 bits per heavy atom. The molecule has 0 aliphatic carbocycles. The molecule has 2 amide bonds. The first-order valence-electron chi connectivity index (χ1n) is 7.71. The van der Waals surface area contributed by atoms with E-state index in [0.717, 1.165) is 4.90 Å². The average Bonchev–Trinajstić information content (AvgIpc) is 2.57. The van der Waals surface area contributed by atoms with Crippen molar-refractivity contribution < 1.29 is 14.0 Å². The summed E-state index contributed by atoms with van der Waals surface area (Å²) in [5, 5.41) is 5.53. The van der Waals surface area contributed by atoms with Crippen LogP contribution in [0.2, 0.25) is 5.02 Å². The van der Waals surface area contributed by atoms with Gasteiger partial charge in [0.1, 0.15) is 5.82 Å². The van der Waals surface area contributed by atoms with Crippen LogP contribution in [-0.2, 0) is 16.1 Å². The molecular weight excluding hydrogens is 363 g/mol. The maximum atomic E-state index is 13.5. The van der Waals surface area contributed by atoms with Crippen molar-refractivity contribution in [2.45, 2.75) is 30.0 Å². The summed E-state index contributed by atoms with van der Waals surface area (Å²) in [6.07, 6.45) is 0.0485. The molecule has 0 saturated heterocycles. The maximum Gasteiger partial charge on any atom is 0.238 e. The lowest BCUT2D eigenvalue weighted by Crippen LogP contribution is -2.34. The number of benzene rings is 2. The summed E-state index contributed by atoms with van der Waals surface area (Å²) in [7, 11) is 0. The van der Waals surface area contributed by atoms with Gasteiger partial charge < -0.3 is 10.6 Å². The second kappa shape index (κ2) is 7.45. The van der Waals surface area contributed by atoms with Gasteiger partial charge in [-0.15, -0.1) is 11.8 Å². The fraction of sp³-hybridized carbons (Fsp3) is 0.222. The summed E-state index contributed by atoms with van der Waals surface area (Å²) in [5.41, 5.74) is 1.90. The molecule has 2 aromatic carbocycles. The SMILES string of the molecule is Cc1ccc(CNC(=O)C[C@@H]2Sc3ccc(Cl)cc3NC2=O)cc1F. The second-order valence-electron chi connectivity index (χ2n) is 5.80. The number of hydrogen-bond acceptors (Lipinski definition) is 3. The summed E-state index contributed by atoms with van der Waals surface area (Å²) >= 11 is 7.25. The van der Waals surface area contributed by atoms with Crippen LogP contribution in [-0.4, -0.2) is 17.1 Å². The van der Waals surface area contributed by atoms with Crippen molar-refractivity contribution in [1.29, 1.82) is 0 Å². The molecule has 3 rings (SSSR count). The topological polar surface area (TPSA) is 58.2 Å². The van der Waals surface area contributed by atoms with Gasteiger partial charge in [0.25, 0.3) is 0 Å². The van der Waals surface area contributed by atoms with Gasteiger partial charge in [0.05, 0.1) is 10.9 Å². The van der Waals surface area contributed by atoms with Gasteiger partial charge in [-0.25, -0.2) is 4.39 Å². The predicted molar refractivity (Wildman–Crippen MR) is 97.3 cm³/mol. The molecule has 0 radical (unpaired) electrons. The van der Waals surface area contributed by atoms with Crippen molar-refractivity contribution in [2.75, 3.05) is 5.32 Å². The Morgan fingerprint density at radius 1 is 1.32 bits per heavy atom. The molecule has 7 heteroatoms. The lowest BCUT2D eigenvalue weighted by molar-refractivity contribution is -0.124. The Labute approximate surface area is 154 Å². The van der Waals surface area contributed by atoms with Crippen molar-refractivity contribution in [2.24, 2.45) is 0 Å². The Kier molecular flexibility index (Phi) is 5.30. The lowest BCUT2D eigenvalue weighted by Gasteiger charge is -2.23. The quantitative estimate of drug-likeness (QED) is 0.848. The Bertz CT molecular complexity index is 844. The Morgan fingerprint density at radius 3 is 2.88 bits per heavy atom. The minimum Gasteiger partial charge on any atom is -0.352 e. The number of aryl methyl sites for hydroxylation is 1. The largest absolute Gasteiger partial charge is 0.352 e. The van der Waals surface area contributed by atoms with Crippen LogP contribution < -0.4 is 10.6 Å². The number of halogens is 2. The summed E-state index contributed by atoms with van der Waals surface area (Å²) in [6.45, 7) is 1.91. The van der Waals surface area contributed by atoms with E-state index < -0.39 is 5.25 Å². The molecule has 0 fully saturated rings. The fourth-order valence-electron chi connectivity index (χ4n) is 2.44. The monoisotopic (exact) mass is 378 g/mol. The van der Waals surface area contributed by atoms with E-state index in [1.807, 2.05) is 6.07 Å². The molecule has 4 nitrogen and oxygen atoms in total. The summed E-state index contributed by atoms with van der Waals surface area (Å²) in [5.74, 6) is -0.786. The molecule has 2 N–H and O–H groups in total. The van der Waals surface area contributed by atoms with Crippen LogP contribution in [0.15, 0.2) is 41.3 Å². The third-order valence-corrected chi connectivity index (χ3v) is 5.37. The van der Waals surface area contributed by atoms with Crippen LogP contribution in [0.25, 0.3) is 0 Å². The van der Waals surface area contributed by atoms with Crippen LogP contribution in [0.4, 0.5) is 10.1 Å². The van der Waals surface area contributed by atoms with Crippen LogP contribution in [0.3, 0.4) is 0 Å². The van der Waals surface area contributed by atoms with Gasteiger partial charge in [0, 0.05) is 22.9 Å². The molecule has 1 aliphatic rings. The molecule has 130 valence electrons. The standard InChI is InChI=1S/C18H16ClFN2O2S/c1-10-2-3-11(6-13(10)20)9-21-17(23)8-16-18(24)22-14-7-12(19)4-5-15(14)25-16/h2-7,16H,8-9H2,1H3,(H,21,23)(H,22,24)/t16-/m0/s1. The van der Waals surface area contributed by atoms with Crippen molar-refractivity contribution in [1.82, 2.24) is 5.32 Å². The van der Waals surface area contributed by atoms with E-state index in [4.69, 9.17) is 11.6 Å². The van der Waals surface area contributed by atoms with Gasteiger partial charge in [0.2, 0.25) is 11.8 Å². The highest BCUT2D eigenvalue weighted by Crippen LogP contribution is 2.38. The zero-order valence-electron chi connectivity index (χ0n) is 13.4. The first-order valence-corrected chi connectivity index (χ1v) is 8.97. The molecule has 0 bridgehead atoms. The minimum absolute atomic E-state index is 0.0485. The van der Waals surface area contributed by atoms with E-state index in [0.29, 0.717) is 21.8 Å². The van der Waals surface area contributed by atoms with Gasteiger partial charge >= 0.3 is 0 Å². The van der Waals surface area contributed by atoms with Crippen LogP contribution in [0, 0.1) is 12.7 Å². The number of thioether (sulfide) groups is 1. The van der Waals surface area contributed by atoms with Crippen LogP contribution in [0.1, 0.15) is 17.5 Å². The predicted octanol–water partition coefficient (Wildman–Crippen LogP) is 3.91. The third kappa shape index (κ3) is 4.32. The molecule has 1 aliphatic heterocycles. The number of anilines is 1. The number of carbonyl (C=O) groups excluding carboxylic acids is 2. The van der Waals surface area contributed by atoms with Crippen LogP contribution >= 0.6 is 23.4 Å². The van der Waals surface area contributed by atoms with Gasteiger partial charge in [-0.2, -0.15) is 0 Å². The number of nitrogens with one attached hydrogen (secondary N) is 2. The van der Waals surface area contributed by atoms with E-state index >= 15 is 0 Å². The molecular formula is C18H16ClFN2O2S. The highest BCUT2D eigenvalue weighted by Gasteiger charge is 2.29. The van der Waals surface area contributed by atoms with E-state index in [9.17, 15) is 14.0 Å². The van der Waals surface area contributed by atoms with Crippen molar-refractivity contribution in [3.8, 4) is 0 Å². The molecule has 0 unspecified atom stereocenters. The molecule has 0 aromatic heterocycles. The minimum atomic E-state index is -0.511. The number of fused-ring (bicyclic) bond motifs is 1. The smallest absolute Gasteiger partial charge is 0.238 e. The molecule has 0 spiro atoms. The molecule has 1 atom stereocenters. The summed E-state index contributed by atoms with van der Waals surface area (Å²) in [4.78, 5) is 25.2. The zero-order chi connectivity index (χ0) is 18.0. The van der Waals surface area contributed by atoms with E-state index in [-0.39, 0.29) is 30.6 Å². The lowest BCUT2D eigenvalue weighted by atomic mass is 10.1. The number of hydrogen-bond donors (Lipinski definition) is 2. The normalized spacial score (nSPS) is 16.1. The molecule has 2 aromatic rings. The van der Waals surface area contributed by atoms with Gasteiger partial charge in [-0.1, -0.05) is 23.7 Å². The number of carbonyl (C=O) groups is 2. The highest BCUT2D eigenvalue weighted by atomic mass is 35.5.